The Bertz CT molecular complexity index is 246. The van der Waals surface area contributed by atoms with Crippen LogP contribution in [-0.4, -0.2) is 12.5 Å². The summed E-state index contributed by atoms with van der Waals surface area (Å²) < 4.78 is 0. The maximum atomic E-state index is 11.6. The van der Waals surface area contributed by atoms with Gasteiger partial charge in [-0.05, 0) is 12.8 Å². The van der Waals surface area contributed by atoms with Gasteiger partial charge in [0.1, 0.15) is 0 Å². The van der Waals surface area contributed by atoms with Crippen molar-refractivity contribution in [3.8, 4) is 0 Å². The van der Waals surface area contributed by atoms with Crippen LogP contribution in [0.5, 0.6) is 0 Å². The molecule has 1 amide bonds. The van der Waals surface area contributed by atoms with E-state index in [9.17, 15) is 4.79 Å². The molecular weight excluding hydrogens is 321 g/mol. The molecule has 0 unspecified atom stereocenters. The molecule has 0 atom stereocenters. The standard InChI is InChI=1S/C21H42NO.K/c1-3-5-7-8-9-10-11-12-13-14-15-16-17-19-21(23)22-20-18-6-4-2;/h2-20H2,1H3,(H,22,23);/q-1;+1. The normalized spacial score (nSPS) is 10.4. The van der Waals surface area contributed by atoms with Crippen LogP contribution in [0.2, 0.25) is 0 Å². The van der Waals surface area contributed by atoms with Crippen LogP contribution >= 0.6 is 0 Å². The summed E-state index contributed by atoms with van der Waals surface area (Å²) in [6.07, 6.45) is 21.5. The average Bonchev–Trinajstić information content (AvgIpc) is 2.56. The Labute approximate surface area is 195 Å². The first kappa shape index (κ1) is 27.3. The van der Waals surface area contributed by atoms with Gasteiger partial charge in [-0.2, -0.15) is 6.42 Å². The van der Waals surface area contributed by atoms with Crippen LogP contribution in [0, 0.1) is 6.92 Å². The van der Waals surface area contributed by atoms with E-state index < -0.39 is 0 Å². The van der Waals surface area contributed by atoms with E-state index in [0.29, 0.717) is 6.42 Å². The Balaban J connectivity index is 0. The Morgan fingerprint density at radius 3 is 1.62 bits per heavy atom. The van der Waals surface area contributed by atoms with Crippen molar-refractivity contribution < 1.29 is 56.2 Å². The summed E-state index contributed by atoms with van der Waals surface area (Å²) in [7, 11) is 0. The molecule has 0 bridgehead atoms. The van der Waals surface area contributed by atoms with Gasteiger partial charge in [0.05, 0.1) is 0 Å². The maximum absolute atomic E-state index is 11.6. The van der Waals surface area contributed by atoms with E-state index in [1.165, 1.54) is 77.0 Å². The smallest absolute Gasteiger partial charge is 0.356 e. The first-order valence-electron chi connectivity index (χ1n) is 10.4. The van der Waals surface area contributed by atoms with Gasteiger partial charge in [-0.25, -0.2) is 0 Å². The molecule has 0 fully saturated rings. The van der Waals surface area contributed by atoms with Crippen molar-refractivity contribution in [2.45, 2.75) is 116 Å². The number of carbonyl (C=O) groups is 1. The van der Waals surface area contributed by atoms with E-state index in [4.69, 9.17) is 0 Å². The molecule has 0 aromatic carbocycles. The van der Waals surface area contributed by atoms with E-state index >= 15 is 0 Å². The van der Waals surface area contributed by atoms with Crippen LogP contribution in [0.1, 0.15) is 116 Å². The molecule has 1 N–H and O–H groups in total. The molecule has 3 heteroatoms. The minimum atomic E-state index is 0. The second kappa shape index (κ2) is 24.1. The van der Waals surface area contributed by atoms with E-state index in [2.05, 4.69) is 19.2 Å². The van der Waals surface area contributed by atoms with Crippen LogP contribution in [0.3, 0.4) is 0 Å². The third-order valence-corrected chi connectivity index (χ3v) is 4.51. The van der Waals surface area contributed by atoms with E-state index in [1.54, 1.807) is 0 Å². The molecule has 0 aliphatic carbocycles. The number of hydrogen-bond acceptors (Lipinski definition) is 1. The summed E-state index contributed by atoms with van der Waals surface area (Å²) in [4.78, 5) is 11.6. The molecular formula is C21H42KNO. The topological polar surface area (TPSA) is 29.1 Å². The Morgan fingerprint density at radius 1 is 0.708 bits per heavy atom. The Morgan fingerprint density at radius 2 is 1.17 bits per heavy atom. The van der Waals surface area contributed by atoms with Crippen molar-refractivity contribution in [2.75, 3.05) is 6.54 Å². The van der Waals surface area contributed by atoms with Crippen molar-refractivity contribution in [1.29, 1.82) is 0 Å². The van der Waals surface area contributed by atoms with Gasteiger partial charge in [0.2, 0.25) is 5.91 Å². The summed E-state index contributed by atoms with van der Waals surface area (Å²) in [6.45, 7) is 6.91. The third kappa shape index (κ3) is 23.1. The predicted molar refractivity (Wildman–Crippen MR) is 103 cm³/mol. The molecule has 2 nitrogen and oxygen atoms in total. The molecule has 0 aromatic heterocycles. The number of nitrogens with one attached hydrogen (secondary N) is 1. The largest absolute Gasteiger partial charge is 1.00 e. The molecule has 0 rings (SSSR count). The van der Waals surface area contributed by atoms with Gasteiger partial charge < -0.3 is 12.2 Å². The average molecular weight is 364 g/mol. The number of hydrogen-bond donors (Lipinski definition) is 1. The molecule has 0 heterocycles. The van der Waals surface area contributed by atoms with Gasteiger partial charge in [-0.15, -0.1) is 0 Å². The zero-order valence-electron chi connectivity index (χ0n) is 16.8. The van der Waals surface area contributed by atoms with E-state index in [-0.39, 0.29) is 57.3 Å². The molecule has 0 aliphatic heterocycles. The third-order valence-electron chi connectivity index (χ3n) is 4.51. The SMILES string of the molecule is [CH2-]CCCCNC(=O)CCCCCCCCCCCCCCC.[K+]. The van der Waals surface area contributed by atoms with Gasteiger partial charge >= 0.3 is 51.4 Å². The molecule has 0 spiro atoms. The van der Waals surface area contributed by atoms with Crippen molar-refractivity contribution in [3.05, 3.63) is 6.92 Å². The summed E-state index contributed by atoms with van der Waals surface area (Å²) in [5.41, 5.74) is 0. The zero-order chi connectivity index (χ0) is 17.0. The predicted octanol–water partition coefficient (Wildman–Crippen LogP) is 3.59. The molecule has 0 aliphatic rings. The first-order chi connectivity index (χ1) is 11.3. The fourth-order valence-corrected chi connectivity index (χ4v) is 2.92. The second-order valence-electron chi connectivity index (χ2n) is 6.90. The minimum Gasteiger partial charge on any atom is -0.356 e. The van der Waals surface area contributed by atoms with Crippen LogP contribution in [0.25, 0.3) is 0 Å². The van der Waals surface area contributed by atoms with E-state index in [1.807, 2.05) is 0 Å². The van der Waals surface area contributed by atoms with Crippen LogP contribution < -0.4 is 56.7 Å². The van der Waals surface area contributed by atoms with Crippen LogP contribution in [0.15, 0.2) is 0 Å². The van der Waals surface area contributed by atoms with Crippen LogP contribution in [0.4, 0.5) is 0 Å². The number of amides is 1. The molecule has 0 saturated heterocycles. The molecule has 0 saturated carbocycles. The minimum absolute atomic E-state index is 0. The van der Waals surface area contributed by atoms with E-state index in [0.717, 1.165) is 32.2 Å². The Hall–Kier alpha value is 1.11. The molecule has 0 radical (unpaired) electrons. The quantitative estimate of drug-likeness (QED) is 0.225. The molecule has 24 heavy (non-hydrogen) atoms. The number of rotatable bonds is 18. The first-order valence-corrected chi connectivity index (χ1v) is 10.4. The number of unbranched alkanes of at least 4 members (excludes halogenated alkanes) is 14. The van der Waals surface area contributed by atoms with Crippen LogP contribution in [-0.2, 0) is 4.79 Å². The fraction of sp³-hybridized carbons (Fsp3) is 0.905. The van der Waals surface area contributed by atoms with Gasteiger partial charge in [0.25, 0.3) is 0 Å². The summed E-state index contributed by atoms with van der Waals surface area (Å²) in [6, 6.07) is 0. The van der Waals surface area contributed by atoms with Gasteiger partial charge in [0, 0.05) is 13.0 Å². The Kier molecular flexibility index (Phi) is 27.4. The molecule has 138 valence electrons. The van der Waals surface area contributed by atoms with Gasteiger partial charge in [-0.1, -0.05) is 90.4 Å². The maximum Gasteiger partial charge on any atom is 1.00 e. The van der Waals surface area contributed by atoms with Gasteiger partial charge in [-0.3, -0.25) is 4.79 Å². The summed E-state index contributed by atoms with van der Waals surface area (Å²) >= 11 is 0. The van der Waals surface area contributed by atoms with Crippen molar-refractivity contribution in [1.82, 2.24) is 5.32 Å². The fourth-order valence-electron chi connectivity index (χ4n) is 2.92. The van der Waals surface area contributed by atoms with Crippen molar-refractivity contribution in [3.63, 3.8) is 0 Å². The van der Waals surface area contributed by atoms with Crippen molar-refractivity contribution in [2.24, 2.45) is 0 Å². The summed E-state index contributed by atoms with van der Waals surface area (Å²) in [5, 5.41) is 2.99. The van der Waals surface area contributed by atoms with Gasteiger partial charge in [0.15, 0.2) is 0 Å². The molecule has 0 aromatic rings. The van der Waals surface area contributed by atoms with Crippen molar-refractivity contribution >= 4 is 5.91 Å². The summed E-state index contributed by atoms with van der Waals surface area (Å²) in [5.74, 6) is 0.233. The number of carbonyl (C=O) groups excluding carboxylic acids is 1. The zero-order valence-corrected chi connectivity index (χ0v) is 20.0. The second-order valence-corrected chi connectivity index (χ2v) is 6.90. The monoisotopic (exact) mass is 363 g/mol.